The molecule has 0 aliphatic carbocycles. The van der Waals surface area contributed by atoms with Crippen LogP contribution in [0, 0.1) is 11.7 Å². The van der Waals surface area contributed by atoms with Crippen molar-refractivity contribution in [2.75, 3.05) is 20.1 Å². The van der Waals surface area contributed by atoms with Crippen LogP contribution in [0.3, 0.4) is 0 Å². The van der Waals surface area contributed by atoms with Crippen LogP contribution >= 0.6 is 24.0 Å². The number of carbonyl (C=O) groups excluding carboxylic acids is 1. The molecule has 0 radical (unpaired) electrons. The highest BCUT2D eigenvalue weighted by atomic mass is 35.5. The third-order valence-corrected chi connectivity index (χ3v) is 3.22. The van der Waals surface area contributed by atoms with E-state index in [0.717, 1.165) is 18.7 Å². The summed E-state index contributed by atoms with van der Waals surface area (Å²) >= 11 is 5.60. The van der Waals surface area contributed by atoms with E-state index in [9.17, 15) is 9.18 Å². The van der Waals surface area contributed by atoms with Crippen molar-refractivity contribution in [3.63, 3.8) is 0 Å². The van der Waals surface area contributed by atoms with Crippen LogP contribution in [0.1, 0.15) is 5.56 Å². The summed E-state index contributed by atoms with van der Waals surface area (Å²) in [6.45, 7) is 1.87. The molecule has 2 rings (SSSR count). The molecule has 1 amide bonds. The molecule has 0 atom stereocenters. The standard InChI is InChI=1S/C12H14ClFN2O.ClH/c1-16(12(17)9-5-15-6-9)7-8-2-3-10(13)11(14)4-8;/h2-4,9,15H,5-7H2,1H3;1H. The summed E-state index contributed by atoms with van der Waals surface area (Å²) in [5, 5.41) is 3.16. The Morgan fingerprint density at radius 3 is 2.72 bits per heavy atom. The topological polar surface area (TPSA) is 32.3 Å². The first-order chi connectivity index (χ1) is 8.08. The molecule has 0 spiro atoms. The number of benzene rings is 1. The maximum atomic E-state index is 13.2. The van der Waals surface area contributed by atoms with Crippen LogP contribution in [0.4, 0.5) is 4.39 Å². The molecule has 6 heteroatoms. The molecule has 1 aromatic carbocycles. The van der Waals surface area contributed by atoms with Gasteiger partial charge in [-0.3, -0.25) is 4.79 Å². The van der Waals surface area contributed by atoms with Gasteiger partial charge in [-0.25, -0.2) is 4.39 Å². The highest BCUT2D eigenvalue weighted by Gasteiger charge is 2.27. The van der Waals surface area contributed by atoms with E-state index in [4.69, 9.17) is 11.6 Å². The number of nitrogens with zero attached hydrogens (tertiary/aromatic N) is 1. The lowest BCUT2D eigenvalue weighted by atomic mass is 10.0. The van der Waals surface area contributed by atoms with Crippen molar-refractivity contribution < 1.29 is 9.18 Å². The molecule has 0 aromatic heterocycles. The Hall–Kier alpha value is -0.840. The molecular formula is C12H15Cl2FN2O. The van der Waals surface area contributed by atoms with Gasteiger partial charge in [-0.1, -0.05) is 17.7 Å². The lowest BCUT2D eigenvalue weighted by Crippen LogP contribution is -2.50. The second-order valence-electron chi connectivity index (χ2n) is 4.30. The van der Waals surface area contributed by atoms with Crippen LogP contribution in [-0.2, 0) is 11.3 Å². The van der Waals surface area contributed by atoms with Crippen molar-refractivity contribution in [3.05, 3.63) is 34.6 Å². The second kappa shape index (κ2) is 6.36. The number of hydrogen-bond acceptors (Lipinski definition) is 2. The predicted octanol–water partition coefficient (Wildman–Crippen LogP) is 2.08. The van der Waals surface area contributed by atoms with E-state index in [1.54, 1.807) is 18.0 Å². The van der Waals surface area contributed by atoms with E-state index in [-0.39, 0.29) is 29.3 Å². The van der Waals surface area contributed by atoms with Crippen molar-refractivity contribution >= 4 is 29.9 Å². The van der Waals surface area contributed by atoms with Gasteiger partial charge in [-0.15, -0.1) is 12.4 Å². The van der Waals surface area contributed by atoms with E-state index in [1.165, 1.54) is 12.1 Å². The Kier molecular flexibility index (Phi) is 5.38. The molecule has 1 heterocycles. The second-order valence-corrected chi connectivity index (χ2v) is 4.71. The van der Waals surface area contributed by atoms with Crippen LogP contribution < -0.4 is 5.32 Å². The minimum absolute atomic E-state index is 0. The summed E-state index contributed by atoms with van der Waals surface area (Å²) in [5.74, 6) is -0.286. The molecule has 1 aliphatic heterocycles. The van der Waals surface area contributed by atoms with Crippen molar-refractivity contribution in [2.45, 2.75) is 6.54 Å². The summed E-state index contributed by atoms with van der Waals surface area (Å²) < 4.78 is 13.2. The third kappa shape index (κ3) is 3.34. The molecule has 18 heavy (non-hydrogen) atoms. The van der Waals surface area contributed by atoms with E-state index in [2.05, 4.69) is 5.32 Å². The van der Waals surface area contributed by atoms with Gasteiger partial charge in [0.05, 0.1) is 10.9 Å². The largest absolute Gasteiger partial charge is 0.341 e. The fourth-order valence-corrected chi connectivity index (χ4v) is 1.88. The highest BCUT2D eigenvalue weighted by molar-refractivity contribution is 6.30. The van der Waals surface area contributed by atoms with Gasteiger partial charge in [-0.2, -0.15) is 0 Å². The Balaban J connectivity index is 0.00000162. The van der Waals surface area contributed by atoms with Gasteiger partial charge in [0.1, 0.15) is 5.82 Å². The van der Waals surface area contributed by atoms with Crippen molar-refractivity contribution in [2.24, 2.45) is 5.92 Å². The molecule has 0 saturated carbocycles. The average Bonchev–Trinajstić information content (AvgIpc) is 2.21. The normalized spacial score (nSPS) is 14.6. The summed E-state index contributed by atoms with van der Waals surface area (Å²) in [5.41, 5.74) is 0.745. The molecule has 1 saturated heterocycles. The quantitative estimate of drug-likeness (QED) is 0.925. The zero-order chi connectivity index (χ0) is 12.4. The highest BCUT2D eigenvalue weighted by Crippen LogP contribution is 2.17. The van der Waals surface area contributed by atoms with Crippen molar-refractivity contribution in [1.82, 2.24) is 10.2 Å². The zero-order valence-electron chi connectivity index (χ0n) is 9.95. The van der Waals surface area contributed by atoms with Gasteiger partial charge < -0.3 is 10.2 Å². The first-order valence-corrected chi connectivity index (χ1v) is 5.85. The zero-order valence-corrected chi connectivity index (χ0v) is 11.5. The van der Waals surface area contributed by atoms with Gasteiger partial charge in [0, 0.05) is 26.7 Å². The fourth-order valence-electron chi connectivity index (χ4n) is 1.76. The number of halogens is 3. The maximum absolute atomic E-state index is 13.2. The van der Waals surface area contributed by atoms with Crippen molar-refractivity contribution in [3.8, 4) is 0 Å². The lowest BCUT2D eigenvalue weighted by molar-refractivity contribution is -0.136. The molecule has 1 aromatic rings. The summed E-state index contributed by atoms with van der Waals surface area (Å²) in [6, 6.07) is 4.61. The van der Waals surface area contributed by atoms with Crippen LogP contribution in [0.25, 0.3) is 0 Å². The van der Waals surface area contributed by atoms with E-state index in [1.807, 2.05) is 0 Å². The van der Waals surface area contributed by atoms with Gasteiger partial charge in [0.2, 0.25) is 5.91 Å². The van der Waals surface area contributed by atoms with E-state index >= 15 is 0 Å². The van der Waals surface area contributed by atoms with Crippen LogP contribution in [0.15, 0.2) is 18.2 Å². The summed E-state index contributed by atoms with van der Waals surface area (Å²) in [6.07, 6.45) is 0. The molecule has 0 bridgehead atoms. The van der Waals surface area contributed by atoms with Gasteiger partial charge in [0.15, 0.2) is 0 Å². The van der Waals surface area contributed by atoms with Crippen LogP contribution in [0.5, 0.6) is 0 Å². The number of nitrogens with one attached hydrogen (secondary N) is 1. The van der Waals surface area contributed by atoms with Gasteiger partial charge in [0.25, 0.3) is 0 Å². The molecule has 0 unspecified atom stereocenters. The Bertz CT molecular complexity index is 438. The minimum atomic E-state index is -0.449. The molecular weight excluding hydrogens is 278 g/mol. The summed E-state index contributed by atoms with van der Waals surface area (Å²) in [4.78, 5) is 13.5. The molecule has 1 fully saturated rings. The first kappa shape index (κ1) is 15.2. The Morgan fingerprint density at radius 1 is 1.56 bits per heavy atom. The molecule has 1 N–H and O–H groups in total. The Morgan fingerprint density at radius 2 is 2.22 bits per heavy atom. The fraction of sp³-hybridized carbons (Fsp3) is 0.417. The predicted molar refractivity (Wildman–Crippen MR) is 71.5 cm³/mol. The van der Waals surface area contributed by atoms with Gasteiger partial charge in [-0.05, 0) is 17.7 Å². The molecule has 3 nitrogen and oxygen atoms in total. The minimum Gasteiger partial charge on any atom is -0.341 e. The SMILES string of the molecule is CN(Cc1ccc(Cl)c(F)c1)C(=O)C1CNC1.Cl. The number of amides is 1. The Labute approximate surface area is 117 Å². The molecule has 1 aliphatic rings. The number of hydrogen-bond donors (Lipinski definition) is 1. The third-order valence-electron chi connectivity index (χ3n) is 2.91. The van der Waals surface area contributed by atoms with Crippen molar-refractivity contribution in [1.29, 1.82) is 0 Å². The van der Waals surface area contributed by atoms with E-state index in [0.29, 0.717) is 6.54 Å². The van der Waals surface area contributed by atoms with Crippen LogP contribution in [-0.4, -0.2) is 30.9 Å². The van der Waals surface area contributed by atoms with E-state index < -0.39 is 5.82 Å². The monoisotopic (exact) mass is 292 g/mol. The smallest absolute Gasteiger partial charge is 0.228 e. The maximum Gasteiger partial charge on any atom is 0.228 e. The average molecular weight is 293 g/mol. The first-order valence-electron chi connectivity index (χ1n) is 5.47. The lowest BCUT2D eigenvalue weighted by Gasteiger charge is -2.30. The molecule has 100 valence electrons. The van der Waals surface area contributed by atoms with Crippen LogP contribution in [0.2, 0.25) is 5.02 Å². The van der Waals surface area contributed by atoms with Gasteiger partial charge >= 0.3 is 0 Å². The summed E-state index contributed by atoms with van der Waals surface area (Å²) in [7, 11) is 1.73. The number of carbonyl (C=O) groups is 1. The number of rotatable bonds is 3.